The van der Waals surface area contributed by atoms with Crippen molar-refractivity contribution < 1.29 is 14.7 Å². The Kier molecular flexibility index (Phi) is 4.36. The van der Waals surface area contributed by atoms with E-state index in [0.717, 1.165) is 18.5 Å². The molecule has 2 N–H and O–H groups in total. The third-order valence-corrected chi connectivity index (χ3v) is 4.01. The van der Waals surface area contributed by atoms with Gasteiger partial charge in [0, 0.05) is 18.5 Å². The van der Waals surface area contributed by atoms with Crippen LogP contribution in [0.2, 0.25) is 0 Å². The Morgan fingerprint density at radius 2 is 2.37 bits per heavy atom. The SMILES string of the molecule is CN(Cc1cscn1)C(=O)NC1CCCC1C(=O)O. The fourth-order valence-electron chi connectivity index (χ4n) is 2.33. The predicted octanol–water partition coefficient (Wildman–Crippen LogP) is 1.54. The Morgan fingerprint density at radius 1 is 1.58 bits per heavy atom. The van der Waals surface area contributed by atoms with Crippen molar-refractivity contribution >= 4 is 23.3 Å². The van der Waals surface area contributed by atoms with Gasteiger partial charge in [0.15, 0.2) is 0 Å². The molecule has 1 saturated carbocycles. The summed E-state index contributed by atoms with van der Waals surface area (Å²) in [4.78, 5) is 28.7. The molecule has 1 aromatic heterocycles. The molecule has 0 spiro atoms. The molecular weight excluding hydrogens is 266 g/mol. The molecule has 2 unspecified atom stereocenters. The highest BCUT2D eigenvalue weighted by molar-refractivity contribution is 7.07. The Bertz CT molecular complexity index is 449. The number of aliphatic carboxylic acids is 1. The van der Waals surface area contributed by atoms with Crippen LogP contribution in [0.25, 0.3) is 0 Å². The van der Waals surface area contributed by atoms with Gasteiger partial charge in [-0.05, 0) is 12.8 Å². The number of nitrogens with zero attached hydrogens (tertiary/aromatic N) is 2. The fraction of sp³-hybridized carbons (Fsp3) is 0.583. The summed E-state index contributed by atoms with van der Waals surface area (Å²) < 4.78 is 0. The first-order valence-corrected chi connectivity index (χ1v) is 7.13. The van der Waals surface area contributed by atoms with Crippen molar-refractivity contribution in [2.75, 3.05) is 7.05 Å². The van der Waals surface area contributed by atoms with Gasteiger partial charge < -0.3 is 15.3 Å². The van der Waals surface area contributed by atoms with Gasteiger partial charge in [0.05, 0.1) is 23.7 Å². The predicted molar refractivity (Wildman–Crippen MR) is 70.9 cm³/mol. The lowest BCUT2D eigenvalue weighted by atomic mass is 10.0. The number of aromatic nitrogens is 1. The van der Waals surface area contributed by atoms with Crippen molar-refractivity contribution in [1.82, 2.24) is 15.2 Å². The van der Waals surface area contributed by atoms with Gasteiger partial charge in [-0.15, -0.1) is 11.3 Å². The molecule has 0 saturated heterocycles. The molecule has 1 heterocycles. The second-order valence-electron chi connectivity index (χ2n) is 4.77. The van der Waals surface area contributed by atoms with E-state index in [-0.39, 0.29) is 12.1 Å². The van der Waals surface area contributed by atoms with Gasteiger partial charge in [-0.1, -0.05) is 6.42 Å². The smallest absolute Gasteiger partial charge is 0.317 e. The number of nitrogens with one attached hydrogen (secondary N) is 1. The highest BCUT2D eigenvalue weighted by atomic mass is 32.1. The van der Waals surface area contributed by atoms with Gasteiger partial charge in [0.25, 0.3) is 0 Å². The van der Waals surface area contributed by atoms with Crippen LogP contribution >= 0.6 is 11.3 Å². The normalized spacial score (nSPS) is 22.2. The van der Waals surface area contributed by atoms with Crippen molar-refractivity contribution in [2.45, 2.75) is 31.8 Å². The number of amides is 2. The largest absolute Gasteiger partial charge is 0.481 e. The summed E-state index contributed by atoms with van der Waals surface area (Å²) >= 11 is 1.48. The lowest BCUT2D eigenvalue weighted by Crippen LogP contribution is -2.45. The van der Waals surface area contributed by atoms with Crippen LogP contribution in [0.15, 0.2) is 10.9 Å². The van der Waals surface area contributed by atoms with E-state index < -0.39 is 11.9 Å². The summed E-state index contributed by atoms with van der Waals surface area (Å²) in [5.41, 5.74) is 2.56. The standard InChI is InChI=1S/C12H17N3O3S/c1-15(5-8-6-19-7-13-8)12(18)14-10-4-2-3-9(10)11(16)17/h6-7,9-10H,2-5H2,1H3,(H,14,18)(H,16,17). The maximum Gasteiger partial charge on any atom is 0.317 e. The van der Waals surface area contributed by atoms with Crippen molar-refractivity contribution in [3.05, 3.63) is 16.6 Å². The molecule has 0 aromatic carbocycles. The van der Waals surface area contributed by atoms with E-state index >= 15 is 0 Å². The van der Waals surface area contributed by atoms with Gasteiger partial charge in [-0.2, -0.15) is 0 Å². The number of urea groups is 1. The highest BCUT2D eigenvalue weighted by Crippen LogP contribution is 2.25. The lowest BCUT2D eigenvalue weighted by Gasteiger charge is -2.22. The van der Waals surface area contributed by atoms with Gasteiger partial charge in [-0.3, -0.25) is 4.79 Å². The molecule has 1 fully saturated rings. The molecule has 2 atom stereocenters. The maximum absolute atomic E-state index is 12.0. The van der Waals surface area contributed by atoms with Gasteiger partial charge in [0.1, 0.15) is 0 Å². The average molecular weight is 283 g/mol. The molecule has 0 bridgehead atoms. The Morgan fingerprint density at radius 3 is 3.00 bits per heavy atom. The first-order valence-electron chi connectivity index (χ1n) is 6.19. The number of carbonyl (C=O) groups is 2. The molecule has 1 aromatic rings. The molecule has 0 radical (unpaired) electrons. The summed E-state index contributed by atoms with van der Waals surface area (Å²) in [7, 11) is 1.68. The van der Waals surface area contributed by atoms with Crippen molar-refractivity contribution in [3.63, 3.8) is 0 Å². The zero-order chi connectivity index (χ0) is 13.8. The summed E-state index contributed by atoms with van der Waals surface area (Å²) in [6.07, 6.45) is 2.21. The van der Waals surface area contributed by atoms with Crippen LogP contribution in [0.1, 0.15) is 25.0 Å². The van der Waals surface area contributed by atoms with Crippen LogP contribution in [0.3, 0.4) is 0 Å². The molecule has 19 heavy (non-hydrogen) atoms. The molecule has 1 aliphatic rings. The van der Waals surface area contributed by atoms with E-state index in [9.17, 15) is 9.59 Å². The number of thiazole rings is 1. The van der Waals surface area contributed by atoms with Gasteiger partial charge in [0.2, 0.25) is 0 Å². The van der Waals surface area contributed by atoms with Crippen molar-refractivity contribution in [1.29, 1.82) is 0 Å². The minimum atomic E-state index is -0.829. The third-order valence-electron chi connectivity index (χ3n) is 3.37. The average Bonchev–Trinajstić information content (AvgIpc) is 2.99. The quantitative estimate of drug-likeness (QED) is 0.878. The van der Waals surface area contributed by atoms with E-state index in [0.29, 0.717) is 13.0 Å². The minimum absolute atomic E-state index is 0.244. The maximum atomic E-state index is 12.0. The van der Waals surface area contributed by atoms with Crippen LogP contribution in [0, 0.1) is 5.92 Å². The first-order chi connectivity index (χ1) is 9.08. The summed E-state index contributed by atoms with van der Waals surface area (Å²) in [6, 6.07) is -0.506. The molecule has 104 valence electrons. The van der Waals surface area contributed by atoms with Crippen LogP contribution < -0.4 is 5.32 Å². The number of carbonyl (C=O) groups excluding carboxylic acids is 1. The van der Waals surface area contributed by atoms with Crippen molar-refractivity contribution in [3.8, 4) is 0 Å². The van der Waals surface area contributed by atoms with E-state index in [4.69, 9.17) is 5.11 Å². The fourth-order valence-corrected chi connectivity index (χ4v) is 2.88. The summed E-state index contributed by atoms with van der Waals surface area (Å²) in [5.74, 6) is -1.29. The molecule has 2 amide bonds. The van der Waals surface area contributed by atoms with Gasteiger partial charge >= 0.3 is 12.0 Å². The van der Waals surface area contributed by atoms with E-state index in [1.807, 2.05) is 5.38 Å². The molecule has 7 heteroatoms. The van der Waals surface area contributed by atoms with Crippen LogP contribution in [0.4, 0.5) is 4.79 Å². The minimum Gasteiger partial charge on any atom is -0.481 e. The second-order valence-corrected chi connectivity index (χ2v) is 5.49. The molecule has 2 rings (SSSR count). The van der Waals surface area contributed by atoms with Crippen LogP contribution in [0.5, 0.6) is 0 Å². The zero-order valence-electron chi connectivity index (χ0n) is 10.7. The highest BCUT2D eigenvalue weighted by Gasteiger charge is 2.34. The number of hydrogen-bond donors (Lipinski definition) is 2. The number of rotatable bonds is 4. The lowest BCUT2D eigenvalue weighted by molar-refractivity contribution is -0.142. The van der Waals surface area contributed by atoms with Gasteiger partial charge in [-0.25, -0.2) is 9.78 Å². The third kappa shape index (κ3) is 3.44. The Balaban J connectivity index is 1.88. The number of carboxylic acids is 1. The second kappa shape index (κ2) is 6.01. The Hall–Kier alpha value is -1.63. The zero-order valence-corrected chi connectivity index (χ0v) is 11.5. The summed E-state index contributed by atoms with van der Waals surface area (Å²) in [6.45, 7) is 0.430. The van der Waals surface area contributed by atoms with E-state index in [1.54, 1.807) is 12.6 Å². The number of carboxylic acid groups (broad SMARTS) is 1. The van der Waals surface area contributed by atoms with E-state index in [1.165, 1.54) is 16.2 Å². The van der Waals surface area contributed by atoms with E-state index in [2.05, 4.69) is 10.3 Å². The summed E-state index contributed by atoms with van der Waals surface area (Å²) in [5, 5.41) is 13.8. The number of hydrogen-bond acceptors (Lipinski definition) is 4. The monoisotopic (exact) mass is 283 g/mol. The molecule has 1 aliphatic carbocycles. The first kappa shape index (κ1) is 13.8. The molecule has 0 aliphatic heterocycles. The van der Waals surface area contributed by atoms with Crippen LogP contribution in [-0.4, -0.2) is 40.1 Å². The Labute approximate surface area is 115 Å². The van der Waals surface area contributed by atoms with Crippen molar-refractivity contribution in [2.24, 2.45) is 5.92 Å². The molecular formula is C12H17N3O3S. The molecule has 6 nitrogen and oxygen atoms in total. The van der Waals surface area contributed by atoms with Crippen LogP contribution in [-0.2, 0) is 11.3 Å². The topological polar surface area (TPSA) is 82.5 Å².